The zero-order valence-electron chi connectivity index (χ0n) is 21.0. The number of hydrogen-bond acceptors (Lipinski definition) is 7. The standard InChI is InChI=1S/C27H28N2O4S4/c1-28(2)26(32)36-21-9-5-18(6-10-21)16-34-23-13-20(25(30)31)14-24(15-23)35-17-19-7-11-22(12-8-19)37-27(33)29(3)4/h5-15H,16-17H2,1-4H3,(H,30,31). The lowest BCUT2D eigenvalue weighted by Crippen LogP contribution is -2.15. The van der Waals surface area contributed by atoms with E-state index in [1.807, 2.05) is 54.6 Å². The molecule has 0 aromatic heterocycles. The van der Waals surface area contributed by atoms with Crippen molar-refractivity contribution >= 4 is 63.5 Å². The van der Waals surface area contributed by atoms with Gasteiger partial charge in [0.15, 0.2) is 0 Å². The van der Waals surface area contributed by atoms with Gasteiger partial charge in [-0.2, -0.15) is 0 Å². The molecule has 0 unspecified atom stereocenters. The van der Waals surface area contributed by atoms with Crippen LogP contribution < -0.4 is 0 Å². The fraction of sp³-hybridized carbons (Fsp3) is 0.222. The average Bonchev–Trinajstić information content (AvgIpc) is 2.87. The highest BCUT2D eigenvalue weighted by atomic mass is 32.2. The van der Waals surface area contributed by atoms with Crippen LogP contribution in [0.1, 0.15) is 21.5 Å². The fourth-order valence-electron chi connectivity index (χ4n) is 2.89. The van der Waals surface area contributed by atoms with Crippen LogP contribution in [0.25, 0.3) is 0 Å². The van der Waals surface area contributed by atoms with Crippen LogP contribution in [-0.2, 0) is 11.5 Å². The van der Waals surface area contributed by atoms with Gasteiger partial charge in [0.05, 0.1) is 5.56 Å². The van der Waals surface area contributed by atoms with Gasteiger partial charge >= 0.3 is 5.97 Å². The molecule has 3 aromatic rings. The highest BCUT2D eigenvalue weighted by Crippen LogP contribution is 2.32. The van der Waals surface area contributed by atoms with Gasteiger partial charge in [-0.05, 0) is 77.1 Å². The summed E-state index contributed by atoms with van der Waals surface area (Å²) in [7, 11) is 6.90. The summed E-state index contributed by atoms with van der Waals surface area (Å²) >= 11 is 5.52. The molecule has 1 N–H and O–H groups in total. The van der Waals surface area contributed by atoms with Gasteiger partial charge in [-0.15, -0.1) is 23.5 Å². The van der Waals surface area contributed by atoms with Gasteiger partial charge in [-0.1, -0.05) is 24.3 Å². The van der Waals surface area contributed by atoms with Crippen molar-refractivity contribution in [1.29, 1.82) is 0 Å². The smallest absolute Gasteiger partial charge is 0.335 e. The number of hydrogen-bond donors (Lipinski definition) is 1. The predicted molar refractivity (Wildman–Crippen MR) is 155 cm³/mol. The van der Waals surface area contributed by atoms with Gasteiger partial charge in [-0.25, -0.2) is 4.79 Å². The van der Waals surface area contributed by atoms with Crippen LogP contribution in [0.5, 0.6) is 0 Å². The number of carbonyl (C=O) groups is 3. The molecule has 0 aliphatic rings. The zero-order chi connectivity index (χ0) is 26.9. The normalized spacial score (nSPS) is 10.7. The molecule has 0 atom stereocenters. The predicted octanol–water partition coefficient (Wildman–Crippen LogP) is 7.52. The van der Waals surface area contributed by atoms with E-state index in [-0.39, 0.29) is 16.0 Å². The van der Waals surface area contributed by atoms with E-state index >= 15 is 0 Å². The molecular formula is C27H28N2O4S4. The topological polar surface area (TPSA) is 77.9 Å². The molecule has 0 aliphatic carbocycles. The molecule has 0 bridgehead atoms. The SMILES string of the molecule is CN(C)C(=O)Sc1ccc(CSc2cc(SCc3ccc(SC(=O)N(C)C)cc3)cc(C(=O)O)c2)cc1. The van der Waals surface area contributed by atoms with Crippen LogP contribution in [0.15, 0.2) is 86.3 Å². The maximum Gasteiger partial charge on any atom is 0.335 e. The number of amides is 2. The number of thioether (sulfide) groups is 4. The molecule has 37 heavy (non-hydrogen) atoms. The Morgan fingerprint density at radius 2 is 1.00 bits per heavy atom. The van der Waals surface area contributed by atoms with Gasteiger partial charge in [-0.3, -0.25) is 9.59 Å². The monoisotopic (exact) mass is 572 g/mol. The maximum absolute atomic E-state index is 11.9. The zero-order valence-corrected chi connectivity index (χ0v) is 24.2. The lowest BCUT2D eigenvalue weighted by atomic mass is 10.2. The third-order valence-electron chi connectivity index (χ3n) is 4.93. The lowest BCUT2D eigenvalue weighted by Gasteiger charge is -2.10. The summed E-state index contributed by atoms with van der Waals surface area (Å²) in [5, 5.41) is 9.56. The highest BCUT2D eigenvalue weighted by molar-refractivity contribution is 8.13. The Kier molecular flexibility index (Phi) is 10.9. The van der Waals surface area contributed by atoms with Crippen LogP contribution in [0.4, 0.5) is 9.59 Å². The first kappa shape index (κ1) is 29.0. The summed E-state index contributed by atoms with van der Waals surface area (Å²) in [5.74, 6) is 0.415. The number of carbonyl (C=O) groups excluding carboxylic acids is 2. The van der Waals surface area contributed by atoms with Crippen molar-refractivity contribution in [1.82, 2.24) is 9.80 Å². The summed E-state index contributed by atoms with van der Waals surface area (Å²) in [4.78, 5) is 42.1. The second kappa shape index (κ2) is 13.9. The quantitative estimate of drug-likeness (QED) is 0.264. The van der Waals surface area contributed by atoms with E-state index in [1.165, 1.54) is 23.5 Å². The van der Waals surface area contributed by atoms with Crippen LogP contribution in [0, 0.1) is 0 Å². The van der Waals surface area contributed by atoms with Crippen molar-refractivity contribution in [2.24, 2.45) is 0 Å². The molecule has 0 aliphatic heterocycles. The van der Waals surface area contributed by atoms with Crippen LogP contribution >= 0.6 is 47.0 Å². The van der Waals surface area contributed by atoms with E-state index in [0.717, 1.165) is 30.7 Å². The Labute approximate surface area is 234 Å². The number of benzene rings is 3. The van der Waals surface area contributed by atoms with Gasteiger partial charge < -0.3 is 14.9 Å². The Morgan fingerprint density at radius 3 is 1.32 bits per heavy atom. The molecule has 0 saturated carbocycles. The summed E-state index contributed by atoms with van der Waals surface area (Å²) in [6, 6.07) is 21.1. The minimum absolute atomic E-state index is 0.0214. The first-order valence-corrected chi connectivity index (χ1v) is 14.8. The number of rotatable bonds is 9. The van der Waals surface area contributed by atoms with E-state index in [1.54, 1.807) is 73.6 Å². The Bertz CT molecular complexity index is 1160. The number of carboxylic acids is 1. The van der Waals surface area contributed by atoms with Gasteiger partial charge in [0.1, 0.15) is 0 Å². The fourth-order valence-corrected chi connectivity index (χ4v) is 6.17. The molecule has 0 radical (unpaired) electrons. The van der Waals surface area contributed by atoms with Crippen molar-refractivity contribution in [3.8, 4) is 0 Å². The third kappa shape index (κ3) is 9.37. The minimum atomic E-state index is -0.955. The Morgan fingerprint density at radius 1 is 0.622 bits per heavy atom. The second-order valence-corrected chi connectivity index (χ2v) is 12.5. The summed E-state index contributed by atoms with van der Waals surface area (Å²) in [6.07, 6.45) is 0. The molecular weight excluding hydrogens is 545 g/mol. The van der Waals surface area contributed by atoms with Gasteiger partial charge in [0.2, 0.25) is 0 Å². The van der Waals surface area contributed by atoms with E-state index in [2.05, 4.69) is 0 Å². The highest BCUT2D eigenvalue weighted by Gasteiger charge is 2.11. The Balaban J connectivity index is 1.62. The van der Waals surface area contributed by atoms with Crippen molar-refractivity contribution in [2.45, 2.75) is 31.1 Å². The summed E-state index contributed by atoms with van der Waals surface area (Å²) in [5.41, 5.74) is 2.44. The van der Waals surface area contributed by atoms with Crippen LogP contribution in [0.3, 0.4) is 0 Å². The molecule has 0 fully saturated rings. The average molecular weight is 573 g/mol. The number of carboxylic acid groups (broad SMARTS) is 1. The van der Waals surface area contributed by atoms with Crippen LogP contribution in [-0.4, -0.2) is 59.5 Å². The van der Waals surface area contributed by atoms with Crippen molar-refractivity contribution in [3.05, 3.63) is 83.4 Å². The van der Waals surface area contributed by atoms with E-state index in [0.29, 0.717) is 11.5 Å². The van der Waals surface area contributed by atoms with E-state index in [9.17, 15) is 19.5 Å². The third-order valence-corrected chi connectivity index (χ3v) is 9.11. The molecule has 2 amide bonds. The number of nitrogens with zero attached hydrogens (tertiary/aromatic N) is 2. The number of aromatic carboxylic acids is 1. The van der Waals surface area contributed by atoms with Gasteiger partial charge in [0.25, 0.3) is 10.5 Å². The molecule has 0 heterocycles. The molecule has 3 rings (SSSR count). The van der Waals surface area contributed by atoms with Crippen LogP contribution in [0.2, 0.25) is 0 Å². The lowest BCUT2D eigenvalue weighted by molar-refractivity contribution is 0.0696. The first-order chi connectivity index (χ1) is 17.6. The van der Waals surface area contributed by atoms with E-state index in [4.69, 9.17) is 0 Å². The summed E-state index contributed by atoms with van der Waals surface area (Å²) in [6.45, 7) is 0. The first-order valence-electron chi connectivity index (χ1n) is 11.2. The minimum Gasteiger partial charge on any atom is -0.478 e. The Hall–Kier alpha value is -2.53. The van der Waals surface area contributed by atoms with Gasteiger partial charge in [0, 0.05) is 59.3 Å². The van der Waals surface area contributed by atoms with Crippen molar-refractivity contribution in [3.63, 3.8) is 0 Å². The van der Waals surface area contributed by atoms with E-state index < -0.39 is 5.97 Å². The molecule has 0 spiro atoms. The molecule has 3 aromatic carbocycles. The molecule has 194 valence electrons. The summed E-state index contributed by atoms with van der Waals surface area (Å²) < 4.78 is 0. The molecule has 6 nitrogen and oxygen atoms in total. The second-order valence-electron chi connectivity index (χ2n) is 8.39. The largest absolute Gasteiger partial charge is 0.478 e. The van der Waals surface area contributed by atoms with Crippen molar-refractivity contribution < 1.29 is 19.5 Å². The van der Waals surface area contributed by atoms with Crippen molar-refractivity contribution in [2.75, 3.05) is 28.2 Å². The molecule has 0 saturated heterocycles. The maximum atomic E-state index is 11.9. The molecule has 10 heteroatoms.